The molecule has 140 valence electrons. The summed E-state index contributed by atoms with van der Waals surface area (Å²) in [6.07, 6.45) is 7.00. The number of Topliss-reactive ketones (excluding diaryl/α,β-unsaturated/α-hetero) is 2. The van der Waals surface area contributed by atoms with E-state index in [1.165, 1.54) is 16.7 Å². The number of carbonyl (C=O) groups excluding carboxylic acids is 2. The highest BCUT2D eigenvalue weighted by atomic mass is 16.3. The highest BCUT2D eigenvalue weighted by Crippen LogP contribution is 2.59. The van der Waals surface area contributed by atoms with Gasteiger partial charge in [0.2, 0.25) is 0 Å². The molecular formula is C24H26O3. The SMILES string of the molecule is C[C@]12CCC3=C4CCC(=O)C(c5ccccc5O)=C4CC[C@H]3[C@@H]1CCC2=O. The molecule has 5 rings (SSSR count). The Hall–Kier alpha value is -2.16. The van der Waals surface area contributed by atoms with Crippen molar-refractivity contribution in [2.75, 3.05) is 0 Å². The van der Waals surface area contributed by atoms with Crippen molar-refractivity contribution in [1.82, 2.24) is 0 Å². The lowest BCUT2D eigenvalue weighted by atomic mass is 9.57. The second-order valence-corrected chi connectivity index (χ2v) is 8.93. The average molecular weight is 362 g/mol. The van der Waals surface area contributed by atoms with Crippen molar-refractivity contribution in [3.05, 3.63) is 46.5 Å². The van der Waals surface area contributed by atoms with Crippen LogP contribution in [0.4, 0.5) is 0 Å². The van der Waals surface area contributed by atoms with Crippen LogP contribution < -0.4 is 0 Å². The number of rotatable bonds is 1. The Morgan fingerprint density at radius 2 is 1.78 bits per heavy atom. The maximum atomic E-state index is 12.8. The summed E-state index contributed by atoms with van der Waals surface area (Å²) in [5.74, 6) is 1.80. The molecule has 1 aromatic rings. The van der Waals surface area contributed by atoms with Gasteiger partial charge >= 0.3 is 0 Å². The summed E-state index contributed by atoms with van der Waals surface area (Å²) < 4.78 is 0. The van der Waals surface area contributed by atoms with Gasteiger partial charge in [-0.25, -0.2) is 0 Å². The zero-order valence-corrected chi connectivity index (χ0v) is 15.9. The lowest BCUT2D eigenvalue weighted by Gasteiger charge is -2.46. The fourth-order valence-corrected chi connectivity index (χ4v) is 6.40. The minimum Gasteiger partial charge on any atom is -0.507 e. The molecule has 0 radical (unpaired) electrons. The lowest BCUT2D eigenvalue weighted by Crippen LogP contribution is -2.40. The van der Waals surface area contributed by atoms with E-state index in [1.54, 1.807) is 12.1 Å². The number of hydrogen-bond acceptors (Lipinski definition) is 3. The van der Waals surface area contributed by atoms with Gasteiger partial charge in [0, 0.05) is 29.4 Å². The Kier molecular flexibility index (Phi) is 3.72. The van der Waals surface area contributed by atoms with Gasteiger partial charge in [-0.15, -0.1) is 0 Å². The van der Waals surface area contributed by atoms with Crippen LogP contribution in [0.25, 0.3) is 5.57 Å². The number of para-hydroxylation sites is 1. The molecule has 0 aliphatic heterocycles. The van der Waals surface area contributed by atoms with Gasteiger partial charge in [-0.05, 0) is 67.6 Å². The third-order valence-corrected chi connectivity index (χ3v) is 7.80. The zero-order valence-electron chi connectivity index (χ0n) is 15.9. The Labute approximate surface area is 160 Å². The Morgan fingerprint density at radius 3 is 2.59 bits per heavy atom. The van der Waals surface area contributed by atoms with Crippen LogP contribution in [0, 0.1) is 17.3 Å². The number of aromatic hydroxyl groups is 1. The number of benzene rings is 1. The van der Waals surface area contributed by atoms with E-state index in [4.69, 9.17) is 0 Å². The summed E-state index contributed by atoms with van der Waals surface area (Å²) in [5, 5.41) is 10.3. The third-order valence-electron chi connectivity index (χ3n) is 7.80. The standard InChI is InChI=1S/C24H26O3/c1-24-13-12-15-14-8-10-21(26)23(18-4-2-3-5-20(18)25)17(14)7-6-16(15)19(24)9-11-22(24)27/h2-5,16,19,25H,6-13H2,1H3/t16-,19+,24+/m1/s1. The first-order valence-electron chi connectivity index (χ1n) is 10.3. The molecule has 2 fully saturated rings. The fourth-order valence-electron chi connectivity index (χ4n) is 6.40. The molecule has 0 heterocycles. The molecule has 0 unspecified atom stereocenters. The molecule has 3 atom stereocenters. The van der Waals surface area contributed by atoms with Crippen LogP contribution >= 0.6 is 0 Å². The summed E-state index contributed by atoms with van der Waals surface area (Å²) in [5.41, 5.74) is 5.38. The van der Waals surface area contributed by atoms with E-state index in [1.807, 2.05) is 12.1 Å². The van der Waals surface area contributed by atoms with Crippen molar-refractivity contribution < 1.29 is 14.7 Å². The van der Waals surface area contributed by atoms with E-state index < -0.39 is 0 Å². The molecule has 3 heteroatoms. The van der Waals surface area contributed by atoms with E-state index >= 15 is 0 Å². The molecule has 3 nitrogen and oxygen atoms in total. The Bertz CT molecular complexity index is 919. The van der Waals surface area contributed by atoms with Crippen molar-refractivity contribution in [1.29, 1.82) is 0 Å². The summed E-state index contributed by atoms with van der Waals surface area (Å²) in [6, 6.07) is 7.22. The molecule has 4 aliphatic carbocycles. The van der Waals surface area contributed by atoms with E-state index in [2.05, 4.69) is 6.92 Å². The first-order chi connectivity index (χ1) is 13.0. The molecule has 2 saturated carbocycles. The zero-order chi connectivity index (χ0) is 18.8. The molecule has 0 spiro atoms. The number of phenols is 1. The van der Waals surface area contributed by atoms with Crippen LogP contribution in [-0.2, 0) is 9.59 Å². The molecule has 0 saturated heterocycles. The second kappa shape index (κ2) is 5.92. The number of hydrogen-bond donors (Lipinski definition) is 1. The molecule has 0 bridgehead atoms. The molecule has 27 heavy (non-hydrogen) atoms. The summed E-state index contributed by atoms with van der Waals surface area (Å²) in [4.78, 5) is 25.3. The van der Waals surface area contributed by atoms with Gasteiger partial charge in [-0.2, -0.15) is 0 Å². The minimum atomic E-state index is -0.124. The third kappa shape index (κ3) is 2.33. The van der Waals surface area contributed by atoms with Crippen LogP contribution in [0.3, 0.4) is 0 Å². The number of allylic oxidation sites excluding steroid dienone is 4. The van der Waals surface area contributed by atoms with Gasteiger partial charge in [-0.3, -0.25) is 9.59 Å². The molecule has 1 aromatic carbocycles. The highest BCUT2D eigenvalue weighted by Gasteiger charge is 2.53. The van der Waals surface area contributed by atoms with Gasteiger partial charge in [0.1, 0.15) is 11.5 Å². The maximum Gasteiger partial charge on any atom is 0.164 e. The lowest BCUT2D eigenvalue weighted by molar-refractivity contribution is -0.128. The molecule has 4 aliphatic rings. The first kappa shape index (κ1) is 17.0. The monoisotopic (exact) mass is 362 g/mol. The Balaban J connectivity index is 1.64. The quantitative estimate of drug-likeness (QED) is 0.765. The molecule has 0 amide bonds. The van der Waals surface area contributed by atoms with Crippen LogP contribution in [0.1, 0.15) is 63.9 Å². The smallest absolute Gasteiger partial charge is 0.164 e. The second-order valence-electron chi connectivity index (χ2n) is 8.93. The van der Waals surface area contributed by atoms with E-state index in [0.29, 0.717) is 29.6 Å². The van der Waals surface area contributed by atoms with Crippen LogP contribution in [0.5, 0.6) is 5.75 Å². The predicted octanol–water partition coefficient (Wildman–Crippen LogP) is 4.99. The number of ketones is 2. The Morgan fingerprint density at radius 1 is 0.963 bits per heavy atom. The summed E-state index contributed by atoms with van der Waals surface area (Å²) in [7, 11) is 0. The van der Waals surface area contributed by atoms with Crippen LogP contribution in [0.2, 0.25) is 0 Å². The maximum absolute atomic E-state index is 12.8. The summed E-state index contributed by atoms with van der Waals surface area (Å²) in [6.45, 7) is 2.19. The van der Waals surface area contributed by atoms with Crippen molar-refractivity contribution in [2.24, 2.45) is 17.3 Å². The number of fused-ring (bicyclic) bond motifs is 4. The van der Waals surface area contributed by atoms with E-state index in [-0.39, 0.29) is 16.9 Å². The summed E-state index contributed by atoms with van der Waals surface area (Å²) >= 11 is 0. The van der Waals surface area contributed by atoms with E-state index in [9.17, 15) is 14.7 Å². The van der Waals surface area contributed by atoms with Crippen molar-refractivity contribution in [2.45, 2.75) is 58.3 Å². The molecular weight excluding hydrogens is 336 g/mol. The van der Waals surface area contributed by atoms with Crippen molar-refractivity contribution in [3.8, 4) is 5.75 Å². The van der Waals surface area contributed by atoms with Crippen LogP contribution in [-0.4, -0.2) is 16.7 Å². The van der Waals surface area contributed by atoms with Gasteiger partial charge < -0.3 is 5.11 Å². The number of phenolic OH excluding ortho intramolecular Hbond substituents is 1. The first-order valence-corrected chi connectivity index (χ1v) is 10.3. The van der Waals surface area contributed by atoms with Gasteiger partial charge in [-0.1, -0.05) is 30.7 Å². The van der Waals surface area contributed by atoms with Gasteiger partial charge in [0.15, 0.2) is 5.78 Å². The highest BCUT2D eigenvalue weighted by molar-refractivity contribution is 6.24. The topological polar surface area (TPSA) is 54.4 Å². The normalized spacial score (nSPS) is 33.1. The van der Waals surface area contributed by atoms with Crippen molar-refractivity contribution in [3.63, 3.8) is 0 Å². The van der Waals surface area contributed by atoms with Gasteiger partial charge in [0.05, 0.1) is 0 Å². The van der Waals surface area contributed by atoms with Gasteiger partial charge in [0.25, 0.3) is 0 Å². The van der Waals surface area contributed by atoms with Crippen LogP contribution in [0.15, 0.2) is 41.0 Å². The predicted molar refractivity (Wildman–Crippen MR) is 104 cm³/mol. The van der Waals surface area contributed by atoms with Crippen molar-refractivity contribution >= 4 is 17.1 Å². The largest absolute Gasteiger partial charge is 0.507 e. The fraction of sp³-hybridized carbons (Fsp3) is 0.500. The molecule has 0 aromatic heterocycles. The average Bonchev–Trinajstić information content (AvgIpc) is 2.97. The number of carbonyl (C=O) groups is 2. The minimum absolute atomic E-state index is 0.124. The van der Waals surface area contributed by atoms with E-state index in [0.717, 1.165) is 50.5 Å². The molecule has 1 N–H and O–H groups in total.